The molecular weight excluding hydrogens is 801 g/mol. The topological polar surface area (TPSA) is 208 Å². The summed E-state index contributed by atoms with van der Waals surface area (Å²) in [5.41, 5.74) is 0. The van der Waals surface area contributed by atoms with Gasteiger partial charge in [0.2, 0.25) is 0 Å². The minimum atomic E-state index is -2.74. The number of sulfone groups is 2. The van der Waals surface area contributed by atoms with Gasteiger partial charge in [0, 0.05) is 80.8 Å². The molecule has 2 atom stereocenters. The van der Waals surface area contributed by atoms with Crippen LogP contribution in [-0.2, 0) is 65.2 Å². The zero-order valence-electron chi connectivity index (χ0n) is 40.3. The summed E-state index contributed by atoms with van der Waals surface area (Å²) in [5, 5.41) is 8.18. The van der Waals surface area contributed by atoms with Gasteiger partial charge >= 0.3 is 5.97 Å². The normalized spacial score (nSPS) is 11.4. The lowest BCUT2D eigenvalue weighted by molar-refractivity contribution is -0.140. The molecule has 0 spiro atoms. The van der Waals surface area contributed by atoms with Crippen molar-refractivity contribution in [3.63, 3.8) is 0 Å². The fourth-order valence-corrected chi connectivity index (χ4v) is 0. The van der Waals surface area contributed by atoms with Gasteiger partial charge in [0.05, 0.1) is 16.4 Å². The second kappa shape index (κ2) is 42.9. The van der Waals surface area contributed by atoms with E-state index in [1.165, 1.54) is 12.5 Å². The SMILES string of the molecule is CC(=O)C(C)C.CC(=O)C(C)C.CC(=O)C(C)C.CC(=O)C(C)C.CC(C)C(=O)O.CC(C)S(C)(=O)=O.CC(C)S(C)(=O)=O.CC(C)S(C)=O.CC(C)S(C)=O. The number of hydrogen-bond donors (Lipinski definition) is 1. The first-order valence-corrected chi connectivity index (χ1v) is 25.8. The van der Waals surface area contributed by atoms with Crippen molar-refractivity contribution < 1.29 is 54.3 Å². The van der Waals surface area contributed by atoms with Crippen LogP contribution in [0.25, 0.3) is 0 Å². The molecule has 0 radical (unpaired) electrons. The number of aliphatic carboxylic acids is 1. The maximum Gasteiger partial charge on any atom is 0.305 e. The first-order valence-electron chi connectivity index (χ1n) is 18.7. The van der Waals surface area contributed by atoms with Crippen molar-refractivity contribution in [3.8, 4) is 0 Å². The fourth-order valence-electron chi connectivity index (χ4n) is 0. The fraction of sp³-hybridized carbons (Fsp3) is 0.875. The molecule has 0 saturated heterocycles. The van der Waals surface area contributed by atoms with Crippen molar-refractivity contribution in [2.24, 2.45) is 29.6 Å². The summed E-state index contributed by atoms with van der Waals surface area (Å²) in [6.45, 7) is 39.2. The van der Waals surface area contributed by atoms with Gasteiger partial charge in [-0.25, -0.2) is 16.8 Å². The van der Waals surface area contributed by atoms with Gasteiger partial charge in [-0.1, -0.05) is 96.9 Å². The van der Waals surface area contributed by atoms with E-state index in [2.05, 4.69) is 0 Å². The van der Waals surface area contributed by atoms with Crippen LogP contribution in [0.5, 0.6) is 0 Å². The summed E-state index contributed by atoms with van der Waals surface area (Å²) in [6, 6.07) is 0. The van der Waals surface area contributed by atoms with E-state index in [1.807, 2.05) is 83.1 Å². The highest BCUT2D eigenvalue weighted by molar-refractivity contribution is 7.91. The maximum absolute atomic E-state index is 10.3. The lowest BCUT2D eigenvalue weighted by atomic mass is 10.1. The average Bonchev–Trinajstić information content (AvgIpc) is 2.98. The molecule has 0 saturated carbocycles. The van der Waals surface area contributed by atoms with E-state index >= 15 is 0 Å². The third kappa shape index (κ3) is 93.9. The predicted octanol–water partition coefficient (Wildman–Crippen LogP) is 8.08. The highest BCUT2D eigenvalue weighted by Crippen LogP contribution is 1.94. The molecule has 12 nitrogen and oxygen atoms in total. The number of carbonyl (C=O) groups is 5. The molecule has 0 aliphatic carbocycles. The van der Waals surface area contributed by atoms with E-state index < -0.39 is 47.2 Å². The second-order valence-electron chi connectivity index (χ2n) is 15.4. The Labute approximate surface area is 351 Å². The van der Waals surface area contributed by atoms with Gasteiger partial charge in [-0.3, -0.25) is 32.4 Å². The lowest BCUT2D eigenvalue weighted by Gasteiger charge is -1.96. The Bertz CT molecular complexity index is 1060. The molecule has 16 heteroatoms. The summed E-state index contributed by atoms with van der Waals surface area (Å²) < 4.78 is 61.8. The van der Waals surface area contributed by atoms with Crippen molar-refractivity contribution in [2.45, 2.75) is 173 Å². The maximum atomic E-state index is 10.3. The number of Topliss-reactive ketones (excluding diaryl/α,β-unsaturated/α-hetero) is 4. The zero-order chi connectivity index (χ0) is 48.2. The summed E-state index contributed by atoms with van der Waals surface area (Å²) in [4.78, 5) is 50.3. The summed E-state index contributed by atoms with van der Waals surface area (Å²) in [7, 11) is -6.72. The Morgan fingerprint density at radius 3 is 0.464 bits per heavy atom. The minimum Gasteiger partial charge on any atom is -0.481 e. The monoisotopic (exact) mass is 889 g/mol. The first-order chi connectivity index (χ1) is 24.4. The molecule has 2 unspecified atom stereocenters. The van der Waals surface area contributed by atoms with Crippen LogP contribution in [0.1, 0.15) is 152 Å². The van der Waals surface area contributed by atoms with Crippen LogP contribution in [0.3, 0.4) is 0 Å². The van der Waals surface area contributed by atoms with Crippen LogP contribution in [-0.4, -0.2) is 105 Å². The molecule has 0 aliphatic rings. The standard InChI is InChI=1S/4C5H10O.2C4H10O2S.C4H8O2.2C4H10OS/c4*1-4(2)5(3)6;2*1-4(2)7(3,5)6;1-3(2)4(5)6;2*1-4(2)6(3)5/h4*4H,1-3H3;2*4H,1-3H3;3H,1-2H3,(H,5,6);2*4H,1-3H3. The van der Waals surface area contributed by atoms with Gasteiger partial charge in [0.1, 0.15) is 42.8 Å². The van der Waals surface area contributed by atoms with E-state index in [0.717, 1.165) is 0 Å². The van der Waals surface area contributed by atoms with E-state index in [-0.39, 0.29) is 63.2 Å². The number of hydrogen-bond acceptors (Lipinski definition) is 11. The van der Waals surface area contributed by atoms with Crippen LogP contribution in [0.15, 0.2) is 0 Å². The number of carboxylic acids is 1. The van der Waals surface area contributed by atoms with E-state index in [4.69, 9.17) is 5.11 Å². The van der Waals surface area contributed by atoms with Crippen LogP contribution in [0.2, 0.25) is 0 Å². The molecule has 0 aromatic rings. The number of carbonyl (C=O) groups excluding carboxylic acids is 4. The lowest BCUT2D eigenvalue weighted by Crippen LogP contribution is -2.10. The zero-order valence-corrected chi connectivity index (χ0v) is 43.5. The third-order valence-electron chi connectivity index (χ3n) is 6.79. The van der Waals surface area contributed by atoms with Crippen molar-refractivity contribution in [3.05, 3.63) is 0 Å². The predicted molar refractivity (Wildman–Crippen MR) is 243 cm³/mol. The van der Waals surface area contributed by atoms with Crippen molar-refractivity contribution in [1.29, 1.82) is 0 Å². The molecule has 0 bridgehead atoms. The van der Waals surface area contributed by atoms with E-state index in [1.54, 1.807) is 81.7 Å². The van der Waals surface area contributed by atoms with Gasteiger partial charge in [-0.2, -0.15) is 0 Å². The minimum absolute atomic E-state index is 0.213. The van der Waals surface area contributed by atoms with Gasteiger partial charge < -0.3 is 5.11 Å². The van der Waals surface area contributed by atoms with Crippen LogP contribution >= 0.6 is 0 Å². The highest BCUT2D eigenvalue weighted by Gasteiger charge is 2.06. The molecule has 0 amide bonds. The third-order valence-corrected chi connectivity index (χ3v) is 12.9. The molecule has 1 N–H and O–H groups in total. The molecule has 0 aliphatic heterocycles. The van der Waals surface area contributed by atoms with E-state index in [0.29, 0.717) is 10.5 Å². The molecule has 0 aromatic heterocycles. The average molecular weight is 889 g/mol. The molecule has 0 aromatic carbocycles. The van der Waals surface area contributed by atoms with Crippen molar-refractivity contribution in [2.75, 3.05) is 25.0 Å². The van der Waals surface area contributed by atoms with Gasteiger partial charge in [0.15, 0.2) is 0 Å². The summed E-state index contributed by atoms with van der Waals surface area (Å²) >= 11 is 0. The number of ketones is 4. The molecule has 0 heterocycles. The summed E-state index contributed by atoms with van der Waals surface area (Å²) in [5.74, 6) is 0.917. The second-order valence-corrected chi connectivity index (χ2v) is 24.5. The van der Waals surface area contributed by atoms with E-state index in [9.17, 15) is 49.2 Å². The molecule has 0 rings (SSSR count). The molecule has 344 valence electrons. The molecular formula is C40H88O12S4. The molecule has 56 heavy (non-hydrogen) atoms. The Hall–Kier alpha value is -1.65. The number of carboxylic acid groups (broad SMARTS) is 1. The Balaban J connectivity index is -0.0000000634. The summed E-state index contributed by atoms with van der Waals surface area (Å²) in [6.07, 6.45) is 5.89. The largest absolute Gasteiger partial charge is 0.481 e. The highest BCUT2D eigenvalue weighted by atomic mass is 32.2. The molecule has 0 fully saturated rings. The van der Waals surface area contributed by atoms with Crippen molar-refractivity contribution >= 4 is 70.4 Å². The Kier molecular flexibility index (Phi) is 57.7. The van der Waals surface area contributed by atoms with Gasteiger partial charge in [-0.05, 0) is 55.4 Å². The van der Waals surface area contributed by atoms with Gasteiger partial charge in [-0.15, -0.1) is 0 Å². The van der Waals surface area contributed by atoms with Gasteiger partial charge in [0.25, 0.3) is 0 Å². The Morgan fingerprint density at radius 2 is 0.464 bits per heavy atom. The Morgan fingerprint density at radius 1 is 0.393 bits per heavy atom. The first kappa shape index (κ1) is 75.2. The smallest absolute Gasteiger partial charge is 0.305 e. The van der Waals surface area contributed by atoms with Crippen LogP contribution < -0.4 is 0 Å². The van der Waals surface area contributed by atoms with Crippen molar-refractivity contribution in [1.82, 2.24) is 0 Å². The van der Waals surface area contributed by atoms with Crippen LogP contribution in [0.4, 0.5) is 0 Å². The van der Waals surface area contributed by atoms with Crippen LogP contribution in [0, 0.1) is 29.6 Å². The number of rotatable bonds is 9. The quantitative estimate of drug-likeness (QED) is 0.233.